The number of hydrogen-bond donors (Lipinski definition) is 1. The van der Waals surface area contributed by atoms with Gasteiger partial charge in [0.25, 0.3) is 5.91 Å². The van der Waals surface area contributed by atoms with Crippen molar-refractivity contribution in [3.05, 3.63) is 53.0 Å². The number of carbonyl (C=O) groups is 1. The zero-order valence-corrected chi connectivity index (χ0v) is 15.4. The molecule has 1 atom stereocenters. The van der Waals surface area contributed by atoms with E-state index < -0.39 is 0 Å². The van der Waals surface area contributed by atoms with Gasteiger partial charge in [0, 0.05) is 50.3 Å². The lowest BCUT2D eigenvalue weighted by atomic mass is 10.0. The van der Waals surface area contributed by atoms with E-state index in [2.05, 4.69) is 17.3 Å². The van der Waals surface area contributed by atoms with Gasteiger partial charge in [-0.05, 0) is 32.0 Å². The van der Waals surface area contributed by atoms with Gasteiger partial charge in [-0.2, -0.15) is 0 Å². The molecule has 1 aromatic carbocycles. The highest BCUT2D eigenvalue weighted by Gasteiger charge is 2.31. The third kappa shape index (κ3) is 3.17. The van der Waals surface area contributed by atoms with Gasteiger partial charge in [-0.25, -0.2) is 9.97 Å². The summed E-state index contributed by atoms with van der Waals surface area (Å²) in [5.41, 5.74) is 3.11. The van der Waals surface area contributed by atoms with Crippen LogP contribution < -0.4 is 5.32 Å². The number of fused-ring (bicyclic) bond motifs is 1. The van der Waals surface area contributed by atoms with Gasteiger partial charge >= 0.3 is 0 Å². The van der Waals surface area contributed by atoms with Crippen LogP contribution in [-0.4, -0.2) is 59.4 Å². The molecule has 3 heterocycles. The summed E-state index contributed by atoms with van der Waals surface area (Å²) >= 11 is 0. The minimum atomic E-state index is 0.0969. The van der Waals surface area contributed by atoms with Crippen molar-refractivity contribution in [2.75, 3.05) is 39.0 Å². The highest BCUT2D eigenvalue weighted by Crippen LogP contribution is 2.30. The molecule has 2 aliphatic rings. The van der Waals surface area contributed by atoms with Crippen LogP contribution in [0.15, 0.2) is 30.3 Å². The van der Waals surface area contributed by atoms with E-state index in [4.69, 9.17) is 9.97 Å². The summed E-state index contributed by atoms with van der Waals surface area (Å²) < 4.78 is 0. The van der Waals surface area contributed by atoms with Gasteiger partial charge in [0.1, 0.15) is 11.6 Å². The van der Waals surface area contributed by atoms with Crippen LogP contribution in [0.3, 0.4) is 0 Å². The molecule has 4 rings (SSSR count). The summed E-state index contributed by atoms with van der Waals surface area (Å²) in [4.78, 5) is 26.6. The minimum Gasteiger partial charge on any atom is -0.373 e. The van der Waals surface area contributed by atoms with Crippen LogP contribution in [0, 0.1) is 0 Å². The molecule has 0 saturated carbocycles. The number of aromatic nitrogens is 2. The number of nitrogens with one attached hydrogen (secondary N) is 1. The number of hydrogen-bond acceptors (Lipinski definition) is 5. The maximum Gasteiger partial charge on any atom is 0.253 e. The predicted octanol–water partition coefficient (Wildman–Crippen LogP) is 2.14. The molecule has 1 saturated heterocycles. The Labute approximate surface area is 154 Å². The highest BCUT2D eigenvalue weighted by atomic mass is 16.2. The third-order valence-corrected chi connectivity index (χ3v) is 5.37. The lowest BCUT2D eigenvalue weighted by Crippen LogP contribution is -2.30. The van der Waals surface area contributed by atoms with Gasteiger partial charge in [0.2, 0.25) is 0 Å². The van der Waals surface area contributed by atoms with E-state index >= 15 is 0 Å². The quantitative estimate of drug-likeness (QED) is 0.918. The number of likely N-dealkylation sites (tertiary alicyclic amines) is 1. The number of nitrogens with zero attached hydrogens (tertiary/aromatic N) is 4. The second kappa shape index (κ2) is 7.03. The van der Waals surface area contributed by atoms with Gasteiger partial charge in [-0.1, -0.05) is 18.2 Å². The Balaban J connectivity index is 1.55. The fourth-order valence-corrected chi connectivity index (χ4v) is 3.89. The maximum absolute atomic E-state index is 12.7. The Bertz CT molecular complexity index is 807. The smallest absolute Gasteiger partial charge is 0.253 e. The lowest BCUT2D eigenvalue weighted by molar-refractivity contribution is 0.0790. The number of benzene rings is 1. The molecule has 6 nitrogen and oxygen atoms in total. The van der Waals surface area contributed by atoms with Gasteiger partial charge in [0.05, 0.1) is 5.69 Å². The first kappa shape index (κ1) is 17.0. The molecule has 136 valence electrons. The summed E-state index contributed by atoms with van der Waals surface area (Å²) in [6.07, 6.45) is 1.89. The maximum atomic E-state index is 12.7. The molecule has 1 amide bonds. The topological polar surface area (TPSA) is 61.4 Å². The number of anilines is 1. The summed E-state index contributed by atoms with van der Waals surface area (Å²) in [5.74, 6) is 2.12. The van der Waals surface area contributed by atoms with E-state index in [1.54, 1.807) is 0 Å². The van der Waals surface area contributed by atoms with Crippen molar-refractivity contribution in [1.29, 1.82) is 0 Å². The van der Waals surface area contributed by atoms with Crippen molar-refractivity contribution in [2.45, 2.75) is 25.3 Å². The average molecular weight is 351 g/mol. The predicted molar refractivity (Wildman–Crippen MR) is 101 cm³/mol. The number of carbonyl (C=O) groups excluding carboxylic acids is 1. The van der Waals surface area contributed by atoms with Crippen LogP contribution in [0.1, 0.15) is 39.8 Å². The van der Waals surface area contributed by atoms with E-state index in [1.165, 1.54) is 5.56 Å². The van der Waals surface area contributed by atoms with Crippen LogP contribution in [0.5, 0.6) is 0 Å². The van der Waals surface area contributed by atoms with Crippen molar-refractivity contribution in [2.24, 2.45) is 0 Å². The number of rotatable bonds is 3. The number of amides is 1. The first-order valence-corrected chi connectivity index (χ1v) is 9.26. The van der Waals surface area contributed by atoms with Crippen LogP contribution in [-0.2, 0) is 13.0 Å². The second-order valence-electron chi connectivity index (χ2n) is 7.20. The van der Waals surface area contributed by atoms with Crippen molar-refractivity contribution in [3.63, 3.8) is 0 Å². The molecule has 0 bridgehead atoms. The highest BCUT2D eigenvalue weighted by molar-refractivity contribution is 5.94. The molecule has 1 unspecified atom stereocenters. The van der Waals surface area contributed by atoms with E-state index in [1.807, 2.05) is 42.3 Å². The molecule has 0 radical (unpaired) electrons. The summed E-state index contributed by atoms with van der Waals surface area (Å²) in [7, 11) is 4.05. The Morgan fingerprint density at radius 2 is 2.00 bits per heavy atom. The molecule has 2 aliphatic heterocycles. The average Bonchev–Trinajstić information content (AvgIpc) is 3.17. The molecule has 1 aromatic heterocycles. The fourth-order valence-electron chi connectivity index (χ4n) is 3.89. The molecule has 26 heavy (non-hydrogen) atoms. The van der Waals surface area contributed by atoms with Crippen molar-refractivity contribution < 1.29 is 4.79 Å². The summed E-state index contributed by atoms with van der Waals surface area (Å²) in [6, 6.07) is 9.49. The fraction of sp³-hybridized carbons (Fsp3) is 0.450. The molecule has 2 aromatic rings. The van der Waals surface area contributed by atoms with Crippen molar-refractivity contribution in [1.82, 2.24) is 19.8 Å². The Morgan fingerprint density at radius 1 is 1.19 bits per heavy atom. The molecule has 1 N–H and O–H groups in total. The molecule has 0 spiro atoms. The zero-order chi connectivity index (χ0) is 18.1. The van der Waals surface area contributed by atoms with E-state index in [9.17, 15) is 4.79 Å². The first-order chi connectivity index (χ1) is 12.7. The Morgan fingerprint density at radius 3 is 2.77 bits per heavy atom. The van der Waals surface area contributed by atoms with Crippen molar-refractivity contribution in [3.8, 4) is 0 Å². The molecule has 1 fully saturated rings. The van der Waals surface area contributed by atoms with Crippen LogP contribution >= 0.6 is 0 Å². The lowest BCUT2D eigenvalue weighted by Gasteiger charge is -2.26. The third-order valence-electron chi connectivity index (χ3n) is 5.37. The molecular weight excluding hydrogens is 326 g/mol. The Hall–Kier alpha value is -2.47. The molecule has 0 aliphatic carbocycles. The SMILES string of the molecule is CNc1nc(C2CCN(C(=O)c3ccccc3)C2)nc2c1CCN(C)C2. The van der Waals surface area contributed by atoms with E-state index in [0.29, 0.717) is 6.54 Å². The van der Waals surface area contributed by atoms with Crippen LogP contribution in [0.4, 0.5) is 5.82 Å². The van der Waals surface area contributed by atoms with Crippen LogP contribution in [0.25, 0.3) is 0 Å². The van der Waals surface area contributed by atoms with Crippen molar-refractivity contribution >= 4 is 11.7 Å². The Kier molecular flexibility index (Phi) is 4.59. The van der Waals surface area contributed by atoms with Gasteiger partial charge in [0.15, 0.2) is 0 Å². The monoisotopic (exact) mass is 351 g/mol. The normalized spacial score (nSPS) is 20.1. The first-order valence-electron chi connectivity index (χ1n) is 9.26. The van der Waals surface area contributed by atoms with Gasteiger partial charge < -0.3 is 15.1 Å². The molecular formula is C20H25N5O. The van der Waals surface area contributed by atoms with E-state index in [0.717, 1.165) is 55.4 Å². The number of likely N-dealkylation sites (N-methyl/N-ethyl adjacent to an activating group) is 1. The second-order valence-corrected chi connectivity index (χ2v) is 7.20. The minimum absolute atomic E-state index is 0.0969. The largest absolute Gasteiger partial charge is 0.373 e. The van der Waals surface area contributed by atoms with Gasteiger partial charge in [-0.15, -0.1) is 0 Å². The van der Waals surface area contributed by atoms with E-state index in [-0.39, 0.29) is 11.8 Å². The molecule has 6 heteroatoms. The summed E-state index contributed by atoms with van der Waals surface area (Å²) in [6.45, 7) is 3.34. The summed E-state index contributed by atoms with van der Waals surface area (Å²) in [5, 5.41) is 3.24. The zero-order valence-electron chi connectivity index (χ0n) is 15.4. The standard InChI is InChI=1S/C20H25N5O/c1-21-19-16-9-10-24(2)13-17(16)22-18(23-19)15-8-11-25(12-15)20(26)14-6-4-3-5-7-14/h3-7,15H,8-13H2,1-2H3,(H,21,22,23). The van der Waals surface area contributed by atoms with Crippen LogP contribution in [0.2, 0.25) is 0 Å². The van der Waals surface area contributed by atoms with Gasteiger partial charge in [-0.3, -0.25) is 4.79 Å².